The fourth-order valence-corrected chi connectivity index (χ4v) is 8.75. The molecule has 0 fully saturated rings. The lowest BCUT2D eigenvalue weighted by Gasteiger charge is -2.20. The predicted molar refractivity (Wildman–Crippen MR) is 269 cm³/mol. The Kier molecular flexibility index (Phi) is 51.0. The summed E-state index contributed by atoms with van der Waals surface area (Å²) in [5.74, 6) is -0.0761. The van der Waals surface area contributed by atoms with Crippen LogP contribution < -0.4 is 5.32 Å². The molecule has 0 aromatic heterocycles. The minimum atomic E-state index is -0.849. The van der Waals surface area contributed by atoms with Gasteiger partial charge in [0.15, 0.2) is 0 Å². The third-order valence-electron chi connectivity index (χ3n) is 13.1. The van der Waals surface area contributed by atoms with E-state index in [4.69, 9.17) is 4.74 Å². The van der Waals surface area contributed by atoms with Crippen LogP contribution in [0.1, 0.15) is 309 Å². The number of unbranched alkanes of at least 4 members (excludes halogenated alkanes) is 41. The molecule has 0 aromatic carbocycles. The minimum absolute atomic E-state index is 0.00119. The van der Waals surface area contributed by atoms with E-state index in [1.54, 1.807) is 6.08 Å². The van der Waals surface area contributed by atoms with E-state index in [0.717, 1.165) is 57.8 Å². The molecule has 0 aromatic rings. The summed E-state index contributed by atoms with van der Waals surface area (Å²) >= 11 is 0. The highest BCUT2D eigenvalue weighted by Crippen LogP contribution is 2.17. The third-order valence-corrected chi connectivity index (χ3v) is 13.1. The van der Waals surface area contributed by atoms with Gasteiger partial charge in [-0.3, -0.25) is 9.59 Å². The quantitative estimate of drug-likeness (QED) is 0.0321. The summed E-state index contributed by atoms with van der Waals surface area (Å²) in [6, 6.07) is -0.634. The average molecular weight is 876 g/mol. The van der Waals surface area contributed by atoms with Crippen molar-refractivity contribution in [2.75, 3.05) is 13.2 Å². The summed E-state index contributed by atoms with van der Waals surface area (Å²) in [7, 11) is 0. The van der Waals surface area contributed by atoms with Crippen molar-refractivity contribution in [1.29, 1.82) is 0 Å². The fourth-order valence-electron chi connectivity index (χ4n) is 8.75. The summed E-state index contributed by atoms with van der Waals surface area (Å²) in [5, 5.41) is 23.0. The molecule has 0 saturated heterocycles. The first-order valence-electron chi connectivity index (χ1n) is 28.0. The lowest BCUT2D eigenvalue weighted by atomic mass is 10.0. The Morgan fingerprint density at radius 2 is 0.742 bits per heavy atom. The van der Waals surface area contributed by atoms with Crippen LogP contribution in [0.25, 0.3) is 0 Å². The first kappa shape index (κ1) is 60.6. The van der Waals surface area contributed by atoms with Crippen LogP contribution in [-0.4, -0.2) is 47.4 Å². The number of esters is 1. The fraction of sp³-hybridized carbons (Fsp3) is 0.929. The molecule has 0 aliphatic heterocycles. The van der Waals surface area contributed by atoms with Crippen molar-refractivity contribution >= 4 is 11.9 Å². The molecular weight excluding hydrogens is 767 g/mol. The number of hydrogen-bond donors (Lipinski definition) is 3. The van der Waals surface area contributed by atoms with Gasteiger partial charge in [-0.25, -0.2) is 0 Å². The molecule has 0 rings (SSSR count). The molecule has 0 aliphatic carbocycles. The number of allylic oxidation sites excluding steroid dienone is 1. The number of aliphatic hydroxyl groups excluding tert-OH is 2. The van der Waals surface area contributed by atoms with E-state index < -0.39 is 12.1 Å². The summed E-state index contributed by atoms with van der Waals surface area (Å²) in [6.45, 7) is 4.89. The van der Waals surface area contributed by atoms with Crippen molar-refractivity contribution in [1.82, 2.24) is 5.32 Å². The lowest BCUT2D eigenvalue weighted by molar-refractivity contribution is -0.143. The van der Waals surface area contributed by atoms with Gasteiger partial charge in [-0.1, -0.05) is 276 Å². The molecule has 2 unspecified atom stereocenters. The van der Waals surface area contributed by atoms with E-state index in [-0.39, 0.29) is 18.5 Å². The standard InChI is InChI=1S/C56H109NO5/c1-3-5-7-9-11-13-15-17-18-19-20-21-26-30-34-38-42-46-50-56(61)62-51-47-43-39-35-31-27-23-22-25-29-33-37-41-45-49-55(60)57-53(52-58)54(59)48-44-40-36-32-28-24-16-14-12-10-8-6-4-2/h44,48,53-54,58-59H,3-43,45-47,49-52H2,1-2H3,(H,57,60)/b48-44+. The van der Waals surface area contributed by atoms with Gasteiger partial charge >= 0.3 is 5.97 Å². The van der Waals surface area contributed by atoms with Crippen molar-refractivity contribution in [3.05, 3.63) is 12.2 Å². The number of carbonyl (C=O) groups is 2. The van der Waals surface area contributed by atoms with E-state index in [1.807, 2.05) is 6.08 Å². The van der Waals surface area contributed by atoms with E-state index in [1.165, 1.54) is 225 Å². The number of carbonyl (C=O) groups excluding carboxylic acids is 2. The molecule has 0 spiro atoms. The molecule has 0 heterocycles. The highest BCUT2D eigenvalue weighted by molar-refractivity contribution is 5.76. The highest BCUT2D eigenvalue weighted by Gasteiger charge is 2.18. The topological polar surface area (TPSA) is 95.9 Å². The number of amides is 1. The highest BCUT2D eigenvalue weighted by atomic mass is 16.5. The molecule has 2 atom stereocenters. The molecule has 0 radical (unpaired) electrons. The van der Waals surface area contributed by atoms with Gasteiger partial charge in [0.1, 0.15) is 0 Å². The molecule has 0 bridgehead atoms. The molecule has 1 amide bonds. The third kappa shape index (κ3) is 48.1. The number of hydrogen-bond acceptors (Lipinski definition) is 5. The number of ether oxygens (including phenoxy) is 1. The maximum absolute atomic E-state index is 12.4. The van der Waals surface area contributed by atoms with Gasteiger partial charge < -0.3 is 20.3 Å². The van der Waals surface area contributed by atoms with Crippen molar-refractivity contribution in [2.24, 2.45) is 0 Å². The number of nitrogens with one attached hydrogen (secondary N) is 1. The van der Waals surface area contributed by atoms with Gasteiger partial charge in [-0.2, -0.15) is 0 Å². The smallest absolute Gasteiger partial charge is 0.305 e. The van der Waals surface area contributed by atoms with Gasteiger partial charge in [-0.15, -0.1) is 0 Å². The van der Waals surface area contributed by atoms with E-state index >= 15 is 0 Å². The Balaban J connectivity index is 3.42. The second-order valence-corrected chi connectivity index (χ2v) is 19.3. The van der Waals surface area contributed by atoms with E-state index in [9.17, 15) is 19.8 Å². The summed E-state index contributed by atoms with van der Waals surface area (Å²) < 4.78 is 5.48. The molecule has 6 heteroatoms. The van der Waals surface area contributed by atoms with Crippen LogP contribution in [0.3, 0.4) is 0 Å². The Labute approximate surface area is 387 Å². The zero-order chi connectivity index (χ0) is 45.1. The summed E-state index contributed by atoms with van der Waals surface area (Å²) in [6.07, 6.45) is 60.8. The van der Waals surface area contributed by atoms with Gasteiger partial charge in [0.25, 0.3) is 0 Å². The van der Waals surface area contributed by atoms with Gasteiger partial charge in [-0.05, 0) is 32.1 Å². The summed E-state index contributed by atoms with van der Waals surface area (Å²) in [4.78, 5) is 24.5. The zero-order valence-electron chi connectivity index (χ0n) is 41.9. The van der Waals surface area contributed by atoms with Crippen LogP contribution in [0.5, 0.6) is 0 Å². The Hall–Kier alpha value is -1.40. The predicted octanol–water partition coefficient (Wildman–Crippen LogP) is 16.9. The molecule has 3 N–H and O–H groups in total. The van der Waals surface area contributed by atoms with Crippen LogP contribution in [0.2, 0.25) is 0 Å². The maximum Gasteiger partial charge on any atom is 0.305 e. The van der Waals surface area contributed by atoms with E-state index in [2.05, 4.69) is 19.2 Å². The normalized spacial score (nSPS) is 12.6. The first-order valence-corrected chi connectivity index (χ1v) is 28.0. The molecule has 62 heavy (non-hydrogen) atoms. The molecular formula is C56H109NO5. The SMILES string of the molecule is CCCCCCCCCCCCC/C=C/C(O)C(CO)NC(=O)CCCCCCCCCCCCCCCCOC(=O)CCCCCCCCCCCCCCCCCCCC. The zero-order valence-corrected chi connectivity index (χ0v) is 41.9. The lowest BCUT2D eigenvalue weighted by Crippen LogP contribution is -2.45. The molecule has 6 nitrogen and oxygen atoms in total. The Morgan fingerprint density at radius 3 is 1.10 bits per heavy atom. The minimum Gasteiger partial charge on any atom is -0.466 e. The molecule has 0 saturated carbocycles. The van der Waals surface area contributed by atoms with E-state index in [0.29, 0.717) is 19.4 Å². The van der Waals surface area contributed by atoms with Crippen molar-refractivity contribution < 1.29 is 24.5 Å². The van der Waals surface area contributed by atoms with Crippen LogP contribution in [0.15, 0.2) is 12.2 Å². The van der Waals surface area contributed by atoms with Gasteiger partial charge in [0.05, 0.1) is 25.4 Å². The number of rotatable bonds is 52. The van der Waals surface area contributed by atoms with Crippen LogP contribution in [0, 0.1) is 0 Å². The van der Waals surface area contributed by atoms with Crippen LogP contribution in [0.4, 0.5) is 0 Å². The Morgan fingerprint density at radius 1 is 0.435 bits per heavy atom. The Bertz CT molecular complexity index is 924. The van der Waals surface area contributed by atoms with Crippen LogP contribution in [-0.2, 0) is 14.3 Å². The molecule has 368 valence electrons. The second kappa shape index (κ2) is 52.2. The van der Waals surface area contributed by atoms with Crippen molar-refractivity contribution in [3.8, 4) is 0 Å². The summed E-state index contributed by atoms with van der Waals surface area (Å²) in [5.41, 5.74) is 0. The number of aliphatic hydroxyl groups is 2. The average Bonchev–Trinajstić information content (AvgIpc) is 3.27. The van der Waals surface area contributed by atoms with Gasteiger partial charge in [0.2, 0.25) is 5.91 Å². The van der Waals surface area contributed by atoms with Gasteiger partial charge in [0, 0.05) is 12.8 Å². The second-order valence-electron chi connectivity index (χ2n) is 19.3. The monoisotopic (exact) mass is 876 g/mol. The van der Waals surface area contributed by atoms with Crippen molar-refractivity contribution in [3.63, 3.8) is 0 Å². The van der Waals surface area contributed by atoms with Crippen molar-refractivity contribution in [2.45, 2.75) is 321 Å². The molecule has 0 aliphatic rings. The largest absolute Gasteiger partial charge is 0.466 e. The van der Waals surface area contributed by atoms with Crippen LogP contribution >= 0.6 is 0 Å². The maximum atomic E-state index is 12.4. The first-order chi connectivity index (χ1) is 30.5.